The number of rotatable bonds is 1. The van der Waals surface area contributed by atoms with E-state index in [2.05, 4.69) is 9.97 Å². The van der Waals surface area contributed by atoms with E-state index in [-0.39, 0.29) is 11.1 Å². The minimum Gasteiger partial charge on any atom is -0.478 e. The van der Waals surface area contributed by atoms with E-state index in [1.807, 2.05) is 6.07 Å². The molecule has 1 aromatic carbocycles. The number of aromatic nitrogens is 2. The van der Waals surface area contributed by atoms with Crippen LogP contribution in [0, 0.1) is 11.3 Å². The lowest BCUT2D eigenvalue weighted by Gasteiger charge is -1.97. The number of carbonyl (C=O) groups is 1. The first-order chi connectivity index (χ1) is 6.72. The zero-order valence-electron chi connectivity index (χ0n) is 6.98. The molecule has 5 nitrogen and oxygen atoms in total. The highest BCUT2D eigenvalue weighted by molar-refractivity contribution is 5.95. The van der Waals surface area contributed by atoms with Crippen LogP contribution in [0.3, 0.4) is 0 Å². The normalized spacial score (nSPS) is 9.93. The molecule has 5 heteroatoms. The Balaban J connectivity index is 2.81. The van der Waals surface area contributed by atoms with Crippen molar-refractivity contribution >= 4 is 17.0 Å². The highest BCUT2D eigenvalue weighted by Crippen LogP contribution is 2.16. The number of aromatic amines is 1. The molecule has 0 spiro atoms. The molecule has 0 amide bonds. The second kappa shape index (κ2) is 2.85. The fraction of sp³-hybridized carbons (Fsp3) is 0. The van der Waals surface area contributed by atoms with Gasteiger partial charge in [0.2, 0.25) is 0 Å². The summed E-state index contributed by atoms with van der Waals surface area (Å²) in [6, 6.07) is 4.68. The van der Waals surface area contributed by atoms with E-state index in [1.54, 1.807) is 0 Å². The maximum absolute atomic E-state index is 10.8. The quantitative estimate of drug-likeness (QED) is 0.700. The van der Waals surface area contributed by atoms with Crippen LogP contribution in [0.25, 0.3) is 11.0 Å². The van der Waals surface area contributed by atoms with Gasteiger partial charge in [0.15, 0.2) is 0 Å². The Labute approximate surface area is 78.6 Å². The maximum atomic E-state index is 10.8. The lowest BCUT2D eigenvalue weighted by atomic mass is 10.1. The molecular weight excluding hydrogens is 182 g/mol. The van der Waals surface area contributed by atoms with E-state index >= 15 is 0 Å². The van der Waals surface area contributed by atoms with Gasteiger partial charge in [-0.05, 0) is 12.1 Å². The van der Waals surface area contributed by atoms with E-state index in [1.165, 1.54) is 18.5 Å². The molecule has 0 aliphatic rings. The zero-order chi connectivity index (χ0) is 10.1. The molecule has 1 aromatic heterocycles. The van der Waals surface area contributed by atoms with E-state index in [4.69, 9.17) is 10.4 Å². The van der Waals surface area contributed by atoms with Gasteiger partial charge in [0, 0.05) is 0 Å². The molecule has 2 rings (SSSR count). The summed E-state index contributed by atoms with van der Waals surface area (Å²) in [6.45, 7) is 0. The first-order valence-corrected chi connectivity index (χ1v) is 3.83. The summed E-state index contributed by atoms with van der Waals surface area (Å²) < 4.78 is 0. The number of hydrogen-bond donors (Lipinski definition) is 2. The highest BCUT2D eigenvalue weighted by atomic mass is 16.4. The number of imidazole rings is 1. The smallest absolute Gasteiger partial charge is 0.337 e. The summed E-state index contributed by atoms with van der Waals surface area (Å²) in [7, 11) is 0. The number of benzene rings is 1. The molecule has 2 N–H and O–H groups in total. The number of carboxylic acid groups (broad SMARTS) is 1. The second-order valence-corrected chi connectivity index (χ2v) is 2.73. The van der Waals surface area contributed by atoms with Crippen molar-refractivity contribution in [2.24, 2.45) is 0 Å². The molecule has 0 atom stereocenters. The number of nitriles is 1. The molecule has 68 valence electrons. The molecule has 2 aromatic rings. The molecule has 0 saturated heterocycles. The average molecular weight is 187 g/mol. The van der Waals surface area contributed by atoms with Gasteiger partial charge < -0.3 is 10.1 Å². The Morgan fingerprint density at radius 2 is 2.36 bits per heavy atom. The third kappa shape index (κ3) is 1.10. The van der Waals surface area contributed by atoms with Gasteiger partial charge in [0.1, 0.15) is 6.07 Å². The van der Waals surface area contributed by atoms with Crippen LogP contribution < -0.4 is 0 Å². The number of fused-ring (bicyclic) bond motifs is 1. The van der Waals surface area contributed by atoms with Gasteiger partial charge in [-0.2, -0.15) is 5.26 Å². The van der Waals surface area contributed by atoms with E-state index in [0.29, 0.717) is 11.0 Å². The fourth-order valence-electron chi connectivity index (χ4n) is 1.25. The van der Waals surface area contributed by atoms with Crippen molar-refractivity contribution in [3.63, 3.8) is 0 Å². The van der Waals surface area contributed by atoms with Gasteiger partial charge in [0.05, 0.1) is 28.5 Å². The molecule has 14 heavy (non-hydrogen) atoms. The van der Waals surface area contributed by atoms with Crippen LogP contribution in [0.5, 0.6) is 0 Å². The van der Waals surface area contributed by atoms with Crippen LogP contribution in [0.4, 0.5) is 0 Å². The SMILES string of the molecule is N#Cc1cc2nc[nH]c2cc1C(=O)O. The molecule has 0 unspecified atom stereocenters. The Hall–Kier alpha value is -2.35. The van der Waals surface area contributed by atoms with E-state index in [0.717, 1.165) is 0 Å². The summed E-state index contributed by atoms with van der Waals surface area (Å²) in [5.74, 6) is -1.11. The minimum atomic E-state index is -1.11. The molecule has 1 heterocycles. The predicted octanol–water partition coefficient (Wildman–Crippen LogP) is 1.13. The predicted molar refractivity (Wildman–Crippen MR) is 47.8 cm³/mol. The molecular formula is C9H5N3O2. The van der Waals surface area contributed by atoms with Crippen LogP contribution in [-0.4, -0.2) is 21.0 Å². The number of hydrogen-bond acceptors (Lipinski definition) is 3. The summed E-state index contributed by atoms with van der Waals surface area (Å²) >= 11 is 0. The summed E-state index contributed by atoms with van der Waals surface area (Å²) in [6.07, 6.45) is 1.46. The van der Waals surface area contributed by atoms with Crippen LogP contribution in [0.15, 0.2) is 18.5 Å². The standard InChI is InChI=1S/C9H5N3O2/c10-3-5-1-7-8(12-4-11-7)2-6(5)9(13)14/h1-2,4H,(H,11,12)(H,13,14). The summed E-state index contributed by atoms with van der Waals surface area (Å²) in [4.78, 5) is 17.5. The number of nitrogens with one attached hydrogen (secondary N) is 1. The van der Waals surface area contributed by atoms with Crippen LogP contribution in [0.1, 0.15) is 15.9 Å². The molecule has 0 saturated carbocycles. The van der Waals surface area contributed by atoms with Gasteiger partial charge >= 0.3 is 5.97 Å². The number of carboxylic acids is 1. The van der Waals surface area contributed by atoms with Gasteiger partial charge in [-0.3, -0.25) is 0 Å². The largest absolute Gasteiger partial charge is 0.478 e. The lowest BCUT2D eigenvalue weighted by molar-refractivity contribution is 0.0696. The van der Waals surface area contributed by atoms with Crippen molar-refractivity contribution in [1.29, 1.82) is 5.26 Å². The third-order valence-corrected chi connectivity index (χ3v) is 1.91. The molecule has 0 radical (unpaired) electrons. The van der Waals surface area contributed by atoms with E-state index < -0.39 is 5.97 Å². The fourth-order valence-corrected chi connectivity index (χ4v) is 1.25. The van der Waals surface area contributed by atoms with E-state index in [9.17, 15) is 4.79 Å². The van der Waals surface area contributed by atoms with Crippen LogP contribution in [-0.2, 0) is 0 Å². The highest BCUT2D eigenvalue weighted by Gasteiger charge is 2.11. The van der Waals surface area contributed by atoms with Gasteiger partial charge in [-0.1, -0.05) is 0 Å². The number of aromatic carboxylic acids is 1. The van der Waals surface area contributed by atoms with Crippen molar-refractivity contribution in [2.45, 2.75) is 0 Å². The second-order valence-electron chi connectivity index (χ2n) is 2.73. The summed E-state index contributed by atoms with van der Waals surface area (Å²) in [5.41, 5.74) is 1.31. The van der Waals surface area contributed by atoms with Crippen molar-refractivity contribution in [1.82, 2.24) is 9.97 Å². The maximum Gasteiger partial charge on any atom is 0.337 e. The Kier molecular flexibility index (Phi) is 1.68. The molecule has 0 aliphatic heterocycles. The van der Waals surface area contributed by atoms with Crippen molar-refractivity contribution in [3.8, 4) is 6.07 Å². The first kappa shape index (κ1) is 8.26. The molecule has 0 fully saturated rings. The third-order valence-electron chi connectivity index (χ3n) is 1.91. The van der Waals surface area contributed by atoms with Gasteiger partial charge in [-0.15, -0.1) is 0 Å². The summed E-state index contributed by atoms with van der Waals surface area (Å²) in [5, 5.41) is 17.5. The van der Waals surface area contributed by atoms with Gasteiger partial charge in [-0.25, -0.2) is 9.78 Å². The lowest BCUT2D eigenvalue weighted by Crippen LogP contribution is -1.99. The molecule has 0 aliphatic carbocycles. The Morgan fingerprint density at radius 1 is 1.57 bits per heavy atom. The average Bonchev–Trinajstić information content (AvgIpc) is 2.62. The number of H-pyrrole nitrogens is 1. The number of nitrogens with zero attached hydrogens (tertiary/aromatic N) is 2. The van der Waals surface area contributed by atoms with Crippen LogP contribution >= 0.6 is 0 Å². The monoisotopic (exact) mass is 187 g/mol. The Bertz CT molecular complexity index is 551. The van der Waals surface area contributed by atoms with Crippen molar-refractivity contribution in [3.05, 3.63) is 29.6 Å². The Morgan fingerprint density at radius 3 is 3.00 bits per heavy atom. The topological polar surface area (TPSA) is 89.8 Å². The van der Waals surface area contributed by atoms with Crippen molar-refractivity contribution in [2.75, 3.05) is 0 Å². The zero-order valence-corrected chi connectivity index (χ0v) is 6.98. The van der Waals surface area contributed by atoms with Gasteiger partial charge in [0.25, 0.3) is 0 Å². The van der Waals surface area contributed by atoms with Crippen LogP contribution in [0.2, 0.25) is 0 Å². The molecule has 0 bridgehead atoms. The minimum absolute atomic E-state index is 0.00995. The van der Waals surface area contributed by atoms with Crippen molar-refractivity contribution < 1.29 is 9.90 Å². The first-order valence-electron chi connectivity index (χ1n) is 3.83.